The van der Waals surface area contributed by atoms with Gasteiger partial charge < -0.3 is 0 Å². The van der Waals surface area contributed by atoms with Crippen molar-refractivity contribution < 1.29 is 14.4 Å². The molecule has 1 rings (SSSR count). The van der Waals surface area contributed by atoms with Crippen molar-refractivity contribution >= 4 is 17.8 Å². The van der Waals surface area contributed by atoms with Gasteiger partial charge in [-0.15, -0.1) is 5.92 Å². The van der Waals surface area contributed by atoms with Crippen LogP contribution in [0.1, 0.15) is 20.3 Å². The molecule has 1 aliphatic heterocycles. The summed E-state index contributed by atoms with van der Waals surface area (Å²) in [6.45, 7) is 3.56. The smallest absolute Gasteiger partial charge is 0.277 e. The molecule has 0 bridgehead atoms. The maximum atomic E-state index is 11.4. The fraction of sp³-hybridized carbons (Fsp3) is 0.500. The molecule has 0 radical (unpaired) electrons. The molecular weight excluding hydrogens is 196 g/mol. The molecule has 0 saturated carbocycles. The van der Waals surface area contributed by atoms with Crippen LogP contribution in [-0.4, -0.2) is 17.8 Å². The van der Waals surface area contributed by atoms with Gasteiger partial charge in [0.1, 0.15) is 5.92 Å². The Morgan fingerprint density at radius 2 is 1.80 bits per heavy atom. The lowest BCUT2D eigenvalue weighted by molar-refractivity contribution is -0.137. The SMILES string of the molecule is CCC#CC(C)C1C(=O)NC(=O)NC1=O. The Morgan fingerprint density at radius 1 is 1.27 bits per heavy atom. The average Bonchev–Trinajstić information content (AvgIpc) is 2.12. The Hall–Kier alpha value is -1.83. The number of nitrogens with one attached hydrogen (secondary N) is 2. The summed E-state index contributed by atoms with van der Waals surface area (Å²) in [5, 5.41) is 4.08. The number of imide groups is 2. The first-order valence-corrected chi connectivity index (χ1v) is 4.70. The summed E-state index contributed by atoms with van der Waals surface area (Å²) < 4.78 is 0. The van der Waals surface area contributed by atoms with Crippen LogP contribution in [0.3, 0.4) is 0 Å². The van der Waals surface area contributed by atoms with Gasteiger partial charge in [0.15, 0.2) is 0 Å². The van der Waals surface area contributed by atoms with E-state index in [-0.39, 0.29) is 0 Å². The van der Waals surface area contributed by atoms with Gasteiger partial charge in [0.2, 0.25) is 11.8 Å². The maximum Gasteiger partial charge on any atom is 0.328 e. The Bertz CT molecular complexity index is 345. The van der Waals surface area contributed by atoms with E-state index < -0.39 is 29.7 Å². The second kappa shape index (κ2) is 4.60. The van der Waals surface area contributed by atoms with Gasteiger partial charge in [-0.3, -0.25) is 20.2 Å². The second-order valence-corrected chi connectivity index (χ2v) is 3.25. The quantitative estimate of drug-likeness (QED) is 0.471. The number of urea groups is 1. The summed E-state index contributed by atoms with van der Waals surface area (Å²) in [6, 6.07) is -0.767. The number of hydrogen-bond acceptors (Lipinski definition) is 3. The molecule has 0 aromatic carbocycles. The summed E-state index contributed by atoms with van der Waals surface area (Å²) in [7, 11) is 0. The number of rotatable bonds is 1. The molecule has 1 unspecified atom stereocenters. The molecule has 80 valence electrons. The minimum absolute atomic E-state index is 0.391. The monoisotopic (exact) mass is 208 g/mol. The van der Waals surface area contributed by atoms with Crippen molar-refractivity contribution in [3.63, 3.8) is 0 Å². The van der Waals surface area contributed by atoms with Crippen molar-refractivity contribution in [2.75, 3.05) is 0 Å². The average molecular weight is 208 g/mol. The molecule has 5 heteroatoms. The van der Waals surface area contributed by atoms with Crippen LogP contribution in [0.25, 0.3) is 0 Å². The molecule has 1 saturated heterocycles. The molecule has 0 aromatic heterocycles. The fourth-order valence-corrected chi connectivity index (χ4v) is 1.33. The molecule has 4 amide bonds. The summed E-state index contributed by atoms with van der Waals surface area (Å²) in [6.07, 6.45) is 0.666. The molecule has 1 atom stereocenters. The summed E-state index contributed by atoms with van der Waals surface area (Å²) in [5.74, 6) is 3.14. The van der Waals surface area contributed by atoms with E-state index in [0.29, 0.717) is 6.42 Å². The van der Waals surface area contributed by atoms with E-state index in [1.165, 1.54) is 0 Å². The minimum Gasteiger partial charge on any atom is -0.277 e. The largest absolute Gasteiger partial charge is 0.328 e. The Morgan fingerprint density at radius 3 is 2.27 bits per heavy atom. The van der Waals surface area contributed by atoms with Gasteiger partial charge in [-0.2, -0.15) is 0 Å². The number of carbonyl (C=O) groups excluding carboxylic acids is 3. The Kier molecular flexibility index (Phi) is 3.45. The van der Waals surface area contributed by atoms with E-state index in [0.717, 1.165) is 0 Å². The normalized spacial score (nSPS) is 18.7. The van der Waals surface area contributed by atoms with Crippen LogP contribution in [-0.2, 0) is 9.59 Å². The standard InChI is InChI=1S/C10H12N2O3/c1-3-4-5-6(2)7-8(13)11-10(15)12-9(7)14/h6-7H,3H2,1-2H3,(H2,11,12,13,14,15). The van der Waals surface area contributed by atoms with E-state index in [1.54, 1.807) is 6.92 Å². The third-order valence-electron chi connectivity index (χ3n) is 2.04. The van der Waals surface area contributed by atoms with Crippen LogP contribution >= 0.6 is 0 Å². The van der Waals surface area contributed by atoms with Gasteiger partial charge in [0, 0.05) is 12.3 Å². The number of barbiturate groups is 1. The van der Waals surface area contributed by atoms with E-state index in [2.05, 4.69) is 11.8 Å². The van der Waals surface area contributed by atoms with Crippen LogP contribution < -0.4 is 10.6 Å². The van der Waals surface area contributed by atoms with Crippen LogP contribution in [0.2, 0.25) is 0 Å². The lowest BCUT2D eigenvalue weighted by atomic mass is 9.91. The van der Waals surface area contributed by atoms with Crippen molar-refractivity contribution in [1.29, 1.82) is 0 Å². The van der Waals surface area contributed by atoms with Crippen LogP contribution in [0.4, 0.5) is 4.79 Å². The highest BCUT2D eigenvalue weighted by Crippen LogP contribution is 2.13. The molecule has 1 aliphatic rings. The molecule has 5 nitrogen and oxygen atoms in total. The highest BCUT2D eigenvalue weighted by Gasteiger charge is 2.37. The van der Waals surface area contributed by atoms with Gasteiger partial charge in [-0.25, -0.2) is 4.79 Å². The van der Waals surface area contributed by atoms with Gasteiger partial charge >= 0.3 is 6.03 Å². The number of amides is 4. The van der Waals surface area contributed by atoms with Crippen LogP contribution in [0, 0.1) is 23.7 Å². The summed E-state index contributed by atoms with van der Waals surface area (Å²) >= 11 is 0. The lowest BCUT2D eigenvalue weighted by Gasteiger charge is -2.22. The third kappa shape index (κ3) is 2.56. The molecule has 0 aromatic rings. The van der Waals surface area contributed by atoms with Crippen molar-refractivity contribution in [3.05, 3.63) is 0 Å². The Labute approximate surface area is 87.6 Å². The summed E-state index contributed by atoms with van der Waals surface area (Å²) in [4.78, 5) is 33.5. The maximum absolute atomic E-state index is 11.4. The van der Waals surface area contributed by atoms with Gasteiger partial charge in [0.25, 0.3) is 0 Å². The Balaban J connectivity index is 2.80. The van der Waals surface area contributed by atoms with Crippen molar-refractivity contribution in [2.45, 2.75) is 20.3 Å². The molecule has 0 aliphatic carbocycles. The second-order valence-electron chi connectivity index (χ2n) is 3.25. The van der Waals surface area contributed by atoms with E-state index in [1.807, 2.05) is 17.6 Å². The van der Waals surface area contributed by atoms with Gasteiger partial charge in [-0.05, 0) is 0 Å². The molecule has 1 heterocycles. The van der Waals surface area contributed by atoms with E-state index in [4.69, 9.17) is 0 Å². The number of hydrogen-bond donors (Lipinski definition) is 2. The topological polar surface area (TPSA) is 75.3 Å². The molecule has 1 fully saturated rings. The first-order chi connectivity index (χ1) is 7.06. The zero-order valence-corrected chi connectivity index (χ0v) is 8.59. The predicted octanol–water partition coefficient (Wildman–Crippen LogP) is 0.0181. The zero-order chi connectivity index (χ0) is 11.4. The van der Waals surface area contributed by atoms with E-state index >= 15 is 0 Å². The van der Waals surface area contributed by atoms with Gasteiger partial charge in [-0.1, -0.05) is 19.8 Å². The summed E-state index contributed by atoms with van der Waals surface area (Å²) in [5.41, 5.74) is 0. The van der Waals surface area contributed by atoms with Crippen LogP contribution in [0.5, 0.6) is 0 Å². The molecule has 15 heavy (non-hydrogen) atoms. The molecule has 2 N–H and O–H groups in total. The van der Waals surface area contributed by atoms with Crippen molar-refractivity contribution in [1.82, 2.24) is 10.6 Å². The fourth-order valence-electron chi connectivity index (χ4n) is 1.33. The predicted molar refractivity (Wildman–Crippen MR) is 52.4 cm³/mol. The third-order valence-corrected chi connectivity index (χ3v) is 2.04. The highest BCUT2D eigenvalue weighted by molar-refractivity contribution is 6.16. The first kappa shape index (κ1) is 11.2. The highest BCUT2D eigenvalue weighted by atomic mass is 16.2. The van der Waals surface area contributed by atoms with Crippen molar-refractivity contribution in [3.8, 4) is 11.8 Å². The van der Waals surface area contributed by atoms with Gasteiger partial charge in [0.05, 0.1) is 0 Å². The first-order valence-electron chi connectivity index (χ1n) is 4.70. The van der Waals surface area contributed by atoms with Crippen LogP contribution in [0.15, 0.2) is 0 Å². The minimum atomic E-state index is -0.901. The zero-order valence-electron chi connectivity index (χ0n) is 8.59. The van der Waals surface area contributed by atoms with Crippen molar-refractivity contribution in [2.24, 2.45) is 11.8 Å². The molecular formula is C10H12N2O3. The van der Waals surface area contributed by atoms with E-state index in [9.17, 15) is 14.4 Å². The molecule has 0 spiro atoms. The lowest BCUT2D eigenvalue weighted by Crippen LogP contribution is -2.57. The number of carbonyl (C=O) groups is 3.